The number of amides is 3. The smallest absolute Gasteiger partial charge is 0.251 e. The van der Waals surface area contributed by atoms with E-state index in [1.54, 1.807) is 12.1 Å². The third-order valence-electron chi connectivity index (χ3n) is 3.16. The lowest BCUT2D eigenvalue weighted by molar-refractivity contribution is -0.125. The van der Waals surface area contributed by atoms with Crippen LogP contribution in [-0.2, 0) is 16.0 Å². The molecule has 1 fully saturated rings. The fraction of sp³-hybridized carbons (Fsp3) is 0.357. The molecule has 6 heteroatoms. The van der Waals surface area contributed by atoms with Crippen molar-refractivity contribution < 1.29 is 14.4 Å². The van der Waals surface area contributed by atoms with E-state index in [1.165, 1.54) is 0 Å². The second kappa shape index (κ2) is 6.56. The van der Waals surface area contributed by atoms with Gasteiger partial charge in [-0.05, 0) is 24.1 Å². The Hall–Kier alpha value is -1.82. The van der Waals surface area contributed by atoms with E-state index in [0.717, 1.165) is 5.56 Å². The number of rotatable bonds is 5. The molecule has 0 aliphatic carbocycles. The molecule has 1 unspecified atom stereocenters. The molecule has 1 heterocycles. The maximum atomic E-state index is 11.7. The van der Waals surface area contributed by atoms with Gasteiger partial charge in [0.1, 0.15) is 0 Å². The second-order valence-corrected chi connectivity index (χ2v) is 5.14. The van der Waals surface area contributed by atoms with Gasteiger partial charge < -0.3 is 5.32 Å². The zero-order valence-corrected chi connectivity index (χ0v) is 11.8. The number of carbonyl (C=O) groups is 3. The van der Waals surface area contributed by atoms with Gasteiger partial charge in [0.25, 0.3) is 5.91 Å². The minimum Gasteiger partial charge on any atom is -0.351 e. The van der Waals surface area contributed by atoms with E-state index in [4.69, 9.17) is 0 Å². The Morgan fingerprint density at radius 3 is 2.55 bits per heavy atom. The third kappa shape index (κ3) is 3.60. The molecule has 1 aliphatic heterocycles. The average molecular weight is 292 g/mol. The summed E-state index contributed by atoms with van der Waals surface area (Å²) in [7, 11) is 0. The molecule has 3 amide bonds. The molecular formula is C14H16N2O3S. The highest BCUT2D eigenvalue weighted by molar-refractivity contribution is 7.80. The first-order chi connectivity index (χ1) is 9.60. The Labute approximate surface area is 122 Å². The van der Waals surface area contributed by atoms with Crippen LogP contribution in [0.15, 0.2) is 24.3 Å². The zero-order chi connectivity index (χ0) is 14.5. The summed E-state index contributed by atoms with van der Waals surface area (Å²) in [5.74, 6) is -0.284. The van der Waals surface area contributed by atoms with Gasteiger partial charge in [-0.1, -0.05) is 12.1 Å². The predicted molar refractivity (Wildman–Crippen MR) is 77.6 cm³/mol. The predicted octanol–water partition coefficient (Wildman–Crippen LogP) is 0.551. The summed E-state index contributed by atoms with van der Waals surface area (Å²) < 4.78 is 0. The zero-order valence-electron chi connectivity index (χ0n) is 10.9. The fourth-order valence-corrected chi connectivity index (χ4v) is 2.23. The number of hydrogen-bond acceptors (Lipinski definition) is 4. The molecule has 0 spiro atoms. The van der Waals surface area contributed by atoms with Crippen molar-refractivity contribution in [3.05, 3.63) is 35.4 Å². The fourth-order valence-electron chi connectivity index (χ4n) is 2.12. The SMILES string of the molecule is O=C1CC(Cc2ccc(C(=O)NCCS)cc2)C(=O)N1. The van der Waals surface area contributed by atoms with Crippen LogP contribution >= 0.6 is 12.6 Å². The molecule has 2 rings (SSSR count). The maximum absolute atomic E-state index is 11.7. The molecule has 106 valence electrons. The third-order valence-corrected chi connectivity index (χ3v) is 3.38. The van der Waals surface area contributed by atoms with Crippen LogP contribution in [0.3, 0.4) is 0 Å². The summed E-state index contributed by atoms with van der Waals surface area (Å²) in [5, 5.41) is 5.02. The first kappa shape index (κ1) is 14.6. The van der Waals surface area contributed by atoms with Gasteiger partial charge in [0, 0.05) is 24.3 Å². The largest absolute Gasteiger partial charge is 0.351 e. The minimum atomic E-state index is -0.300. The quantitative estimate of drug-likeness (QED) is 0.548. The first-order valence-corrected chi connectivity index (χ1v) is 7.05. The van der Waals surface area contributed by atoms with E-state index in [1.807, 2.05) is 12.1 Å². The van der Waals surface area contributed by atoms with E-state index in [-0.39, 0.29) is 30.1 Å². The van der Waals surface area contributed by atoms with Crippen LogP contribution < -0.4 is 10.6 Å². The van der Waals surface area contributed by atoms with Crippen molar-refractivity contribution in [1.29, 1.82) is 0 Å². The van der Waals surface area contributed by atoms with Crippen molar-refractivity contribution in [2.24, 2.45) is 5.92 Å². The second-order valence-electron chi connectivity index (χ2n) is 4.69. The number of hydrogen-bond donors (Lipinski definition) is 3. The topological polar surface area (TPSA) is 75.3 Å². The van der Waals surface area contributed by atoms with Crippen molar-refractivity contribution in [2.75, 3.05) is 12.3 Å². The normalized spacial score (nSPS) is 17.9. The van der Waals surface area contributed by atoms with Gasteiger partial charge in [-0.15, -0.1) is 0 Å². The highest BCUT2D eigenvalue weighted by Crippen LogP contribution is 2.17. The van der Waals surface area contributed by atoms with Gasteiger partial charge in [0.05, 0.1) is 5.92 Å². The molecule has 1 saturated heterocycles. The molecule has 0 saturated carbocycles. The van der Waals surface area contributed by atoms with Crippen molar-refractivity contribution in [3.8, 4) is 0 Å². The molecule has 20 heavy (non-hydrogen) atoms. The van der Waals surface area contributed by atoms with Crippen LogP contribution in [-0.4, -0.2) is 30.0 Å². The van der Waals surface area contributed by atoms with Crippen LogP contribution in [0, 0.1) is 5.92 Å². The summed E-state index contributed by atoms with van der Waals surface area (Å²) in [6, 6.07) is 7.06. The maximum Gasteiger partial charge on any atom is 0.251 e. The van der Waals surface area contributed by atoms with E-state index in [9.17, 15) is 14.4 Å². The van der Waals surface area contributed by atoms with Gasteiger partial charge in [-0.25, -0.2) is 0 Å². The van der Waals surface area contributed by atoms with Gasteiger partial charge in [-0.3, -0.25) is 19.7 Å². The summed E-state index contributed by atoms with van der Waals surface area (Å²) in [5.41, 5.74) is 1.51. The molecular weight excluding hydrogens is 276 g/mol. The van der Waals surface area contributed by atoms with Crippen molar-refractivity contribution in [1.82, 2.24) is 10.6 Å². The standard InChI is InChI=1S/C14H16N2O3S/c17-12-8-11(14(19)16-12)7-9-1-3-10(4-2-9)13(18)15-5-6-20/h1-4,11,20H,5-8H2,(H,15,18)(H,16,17,19). The number of carbonyl (C=O) groups excluding carboxylic acids is 3. The Balaban J connectivity index is 1.96. The van der Waals surface area contributed by atoms with E-state index >= 15 is 0 Å². The lowest BCUT2D eigenvalue weighted by atomic mass is 9.97. The molecule has 1 aromatic carbocycles. The lowest BCUT2D eigenvalue weighted by Crippen LogP contribution is -2.25. The summed E-state index contributed by atoms with van der Waals surface area (Å²) in [6.45, 7) is 0.522. The van der Waals surface area contributed by atoms with E-state index in [2.05, 4.69) is 23.3 Å². The Kier molecular flexibility index (Phi) is 4.79. The molecule has 5 nitrogen and oxygen atoms in total. The van der Waals surface area contributed by atoms with Crippen LogP contribution in [0.1, 0.15) is 22.3 Å². The van der Waals surface area contributed by atoms with Gasteiger partial charge in [0.15, 0.2) is 0 Å². The summed E-state index contributed by atoms with van der Waals surface area (Å²) in [6.07, 6.45) is 0.749. The Bertz CT molecular complexity index is 528. The number of imide groups is 1. The minimum absolute atomic E-state index is 0.139. The van der Waals surface area contributed by atoms with Gasteiger partial charge in [-0.2, -0.15) is 12.6 Å². The first-order valence-electron chi connectivity index (χ1n) is 6.42. The van der Waals surface area contributed by atoms with Crippen LogP contribution in [0.4, 0.5) is 0 Å². The van der Waals surface area contributed by atoms with E-state index < -0.39 is 0 Å². The van der Waals surface area contributed by atoms with Crippen LogP contribution in [0.2, 0.25) is 0 Å². The van der Waals surface area contributed by atoms with Crippen molar-refractivity contribution in [2.45, 2.75) is 12.8 Å². The van der Waals surface area contributed by atoms with Crippen molar-refractivity contribution >= 4 is 30.4 Å². The number of nitrogens with one attached hydrogen (secondary N) is 2. The van der Waals surface area contributed by atoms with Gasteiger partial charge >= 0.3 is 0 Å². The monoisotopic (exact) mass is 292 g/mol. The molecule has 1 aliphatic rings. The van der Waals surface area contributed by atoms with Gasteiger partial charge in [0.2, 0.25) is 11.8 Å². The Morgan fingerprint density at radius 2 is 2.00 bits per heavy atom. The number of benzene rings is 1. The van der Waals surface area contributed by atoms with Crippen LogP contribution in [0.25, 0.3) is 0 Å². The van der Waals surface area contributed by atoms with Crippen molar-refractivity contribution in [3.63, 3.8) is 0 Å². The molecule has 0 radical (unpaired) electrons. The summed E-state index contributed by atoms with van der Waals surface area (Å²) in [4.78, 5) is 34.3. The molecule has 2 N–H and O–H groups in total. The molecule has 1 atom stereocenters. The van der Waals surface area contributed by atoms with Crippen LogP contribution in [0.5, 0.6) is 0 Å². The highest BCUT2D eigenvalue weighted by atomic mass is 32.1. The van der Waals surface area contributed by atoms with E-state index in [0.29, 0.717) is 24.3 Å². The summed E-state index contributed by atoms with van der Waals surface area (Å²) >= 11 is 4.02. The number of thiol groups is 1. The molecule has 0 aromatic heterocycles. The Morgan fingerprint density at radius 1 is 1.30 bits per heavy atom. The average Bonchev–Trinajstić information content (AvgIpc) is 2.75. The highest BCUT2D eigenvalue weighted by Gasteiger charge is 2.30. The molecule has 1 aromatic rings. The molecule has 0 bridgehead atoms. The lowest BCUT2D eigenvalue weighted by Gasteiger charge is -2.07.